The van der Waals surface area contributed by atoms with Crippen LogP contribution < -0.4 is 4.74 Å². The molecular formula is C29H35F2N5O3. The van der Waals surface area contributed by atoms with Crippen LogP contribution in [-0.4, -0.2) is 55.0 Å². The highest BCUT2D eigenvalue weighted by atomic mass is 19.3. The molecule has 1 aromatic carbocycles. The van der Waals surface area contributed by atoms with E-state index in [0.29, 0.717) is 42.1 Å². The number of halogens is 2. The van der Waals surface area contributed by atoms with Crippen LogP contribution in [0.2, 0.25) is 0 Å². The Morgan fingerprint density at radius 1 is 0.974 bits per heavy atom. The van der Waals surface area contributed by atoms with Crippen molar-refractivity contribution in [3.63, 3.8) is 0 Å². The van der Waals surface area contributed by atoms with Crippen LogP contribution >= 0.6 is 0 Å². The monoisotopic (exact) mass is 539 g/mol. The second-order valence-corrected chi connectivity index (χ2v) is 10.0. The molecule has 1 amide bonds. The molecule has 0 bridgehead atoms. The predicted octanol–water partition coefficient (Wildman–Crippen LogP) is 7.06. The smallest absolute Gasteiger partial charge is 0.410 e. The van der Waals surface area contributed by atoms with Crippen molar-refractivity contribution in [2.24, 2.45) is 0 Å². The highest BCUT2D eigenvalue weighted by molar-refractivity contribution is 5.70. The molecule has 39 heavy (non-hydrogen) atoms. The minimum absolute atomic E-state index is 0.0479. The number of alkyl halides is 2. The Balaban J connectivity index is 0.00000172. The van der Waals surface area contributed by atoms with E-state index in [1.54, 1.807) is 11.1 Å². The maximum Gasteiger partial charge on any atom is 0.410 e. The summed E-state index contributed by atoms with van der Waals surface area (Å²) < 4.78 is 40.2. The number of pyridine rings is 1. The number of hydrogen-bond acceptors (Lipinski definition) is 5. The molecule has 4 heterocycles. The van der Waals surface area contributed by atoms with Crippen LogP contribution in [0, 0.1) is 0 Å². The summed E-state index contributed by atoms with van der Waals surface area (Å²) in [5.74, 6) is 0.669. The number of carbonyl (C=O) groups excluding carboxylic acids is 1. The quantitative estimate of drug-likeness (QED) is 0.271. The van der Waals surface area contributed by atoms with E-state index in [1.807, 2.05) is 81.5 Å². The lowest BCUT2D eigenvalue weighted by Gasteiger charge is -2.33. The summed E-state index contributed by atoms with van der Waals surface area (Å²) in [7, 11) is 0. The summed E-state index contributed by atoms with van der Waals surface area (Å²) in [5, 5.41) is 3.71. The van der Waals surface area contributed by atoms with Crippen molar-refractivity contribution in [3.8, 4) is 28.3 Å². The van der Waals surface area contributed by atoms with Gasteiger partial charge in [-0.3, -0.25) is 4.40 Å². The van der Waals surface area contributed by atoms with Gasteiger partial charge in [0.15, 0.2) is 5.88 Å². The zero-order valence-electron chi connectivity index (χ0n) is 23.0. The van der Waals surface area contributed by atoms with Gasteiger partial charge in [0.1, 0.15) is 17.4 Å². The van der Waals surface area contributed by atoms with Gasteiger partial charge in [-0.05, 0) is 38.5 Å². The predicted molar refractivity (Wildman–Crippen MR) is 146 cm³/mol. The second-order valence-electron chi connectivity index (χ2n) is 10.0. The first-order valence-corrected chi connectivity index (χ1v) is 13.2. The average Bonchev–Trinajstić information content (AvgIpc) is 3.58. The summed E-state index contributed by atoms with van der Waals surface area (Å²) >= 11 is 0. The van der Waals surface area contributed by atoms with Gasteiger partial charge in [-0.25, -0.2) is 14.5 Å². The maximum atomic E-state index is 12.9. The van der Waals surface area contributed by atoms with Gasteiger partial charge in [0, 0.05) is 43.3 Å². The third-order valence-corrected chi connectivity index (χ3v) is 6.19. The Labute approximate surface area is 227 Å². The molecule has 1 fully saturated rings. The van der Waals surface area contributed by atoms with Crippen LogP contribution in [0.4, 0.5) is 13.6 Å². The lowest BCUT2D eigenvalue weighted by Crippen LogP contribution is -2.44. The third-order valence-electron chi connectivity index (χ3n) is 6.19. The summed E-state index contributed by atoms with van der Waals surface area (Å²) in [6.07, 6.45) is 5.59. The highest BCUT2D eigenvalue weighted by Gasteiger charge is 2.28. The lowest BCUT2D eigenvalue weighted by atomic mass is 10.1. The number of ether oxygens (including phenoxy) is 2. The van der Waals surface area contributed by atoms with Crippen molar-refractivity contribution < 1.29 is 23.0 Å². The summed E-state index contributed by atoms with van der Waals surface area (Å²) in [6, 6.07) is 13.3. The number of nitrogens with zero attached hydrogens (tertiary/aromatic N) is 5. The third kappa shape index (κ3) is 6.55. The first kappa shape index (κ1) is 28.1. The Morgan fingerprint density at radius 3 is 2.26 bits per heavy atom. The van der Waals surface area contributed by atoms with E-state index in [-0.39, 0.29) is 12.2 Å². The number of carbonyl (C=O) groups is 1. The van der Waals surface area contributed by atoms with Gasteiger partial charge in [0.25, 0.3) is 0 Å². The molecule has 208 valence electrons. The molecular weight excluding hydrogens is 504 g/mol. The molecule has 3 aromatic heterocycles. The van der Waals surface area contributed by atoms with Gasteiger partial charge in [0.05, 0.1) is 18.1 Å². The van der Waals surface area contributed by atoms with Gasteiger partial charge in [-0.2, -0.15) is 13.9 Å². The molecule has 10 heteroatoms. The van der Waals surface area contributed by atoms with Crippen molar-refractivity contribution in [1.82, 2.24) is 24.1 Å². The number of likely N-dealkylation sites (tertiary alicyclic amines) is 1. The van der Waals surface area contributed by atoms with E-state index in [9.17, 15) is 13.6 Å². The second kappa shape index (κ2) is 11.8. The number of amides is 1. The Morgan fingerprint density at radius 2 is 1.64 bits per heavy atom. The summed E-state index contributed by atoms with van der Waals surface area (Å²) in [6.45, 7) is 8.04. The maximum absolute atomic E-state index is 12.9. The fourth-order valence-corrected chi connectivity index (χ4v) is 4.38. The number of rotatable bonds is 5. The number of hydrogen-bond donors (Lipinski definition) is 0. The molecule has 1 aliphatic rings. The van der Waals surface area contributed by atoms with Crippen molar-refractivity contribution in [1.29, 1.82) is 0 Å². The zero-order chi connectivity index (χ0) is 28.2. The fraction of sp³-hybridized carbons (Fsp3) is 0.414. The Kier molecular flexibility index (Phi) is 8.52. The van der Waals surface area contributed by atoms with Crippen molar-refractivity contribution in [2.75, 3.05) is 13.1 Å². The van der Waals surface area contributed by atoms with Gasteiger partial charge in [-0.1, -0.05) is 44.2 Å². The van der Waals surface area contributed by atoms with Crippen LogP contribution in [0.3, 0.4) is 0 Å². The minimum atomic E-state index is -2.67. The molecule has 5 rings (SSSR count). The summed E-state index contributed by atoms with van der Waals surface area (Å²) in [5.41, 5.74) is 3.40. The molecule has 1 aliphatic heterocycles. The molecule has 0 unspecified atom stereocenters. The van der Waals surface area contributed by atoms with E-state index in [1.165, 1.54) is 12.4 Å². The molecule has 0 N–H and O–H groups in total. The Bertz CT molecular complexity index is 1380. The van der Waals surface area contributed by atoms with E-state index < -0.39 is 12.2 Å². The SMILES string of the molecule is CC.CC(C)(C)OC(=O)N1CCC(Oc2cccc3ncc(-c4ccc(-c5cnn(C(F)F)c5)cc4)n23)CC1. The largest absolute Gasteiger partial charge is 0.475 e. The van der Waals surface area contributed by atoms with Crippen molar-refractivity contribution >= 4 is 11.7 Å². The van der Waals surface area contributed by atoms with Gasteiger partial charge in [-0.15, -0.1) is 0 Å². The van der Waals surface area contributed by atoms with E-state index in [2.05, 4.69) is 10.1 Å². The van der Waals surface area contributed by atoms with Crippen LogP contribution in [0.15, 0.2) is 61.1 Å². The van der Waals surface area contributed by atoms with Crippen LogP contribution in [0.25, 0.3) is 28.0 Å². The lowest BCUT2D eigenvalue weighted by molar-refractivity contribution is 0.0122. The Hall–Kier alpha value is -3.95. The molecule has 0 saturated carbocycles. The van der Waals surface area contributed by atoms with Crippen molar-refractivity contribution in [3.05, 3.63) is 61.1 Å². The number of aromatic nitrogens is 4. The van der Waals surface area contributed by atoms with Gasteiger partial charge in [0.2, 0.25) is 0 Å². The minimum Gasteiger partial charge on any atom is -0.475 e. The van der Waals surface area contributed by atoms with Crippen LogP contribution in [-0.2, 0) is 4.74 Å². The molecule has 4 aromatic rings. The molecule has 0 atom stereocenters. The number of benzene rings is 1. The van der Waals surface area contributed by atoms with E-state index in [4.69, 9.17) is 9.47 Å². The normalized spacial score (nSPS) is 14.3. The van der Waals surface area contributed by atoms with E-state index in [0.717, 1.165) is 22.5 Å². The van der Waals surface area contributed by atoms with Gasteiger partial charge >= 0.3 is 12.6 Å². The first-order valence-electron chi connectivity index (χ1n) is 13.2. The van der Waals surface area contributed by atoms with Crippen LogP contribution in [0.1, 0.15) is 54.0 Å². The average molecular weight is 540 g/mol. The molecule has 0 aliphatic carbocycles. The number of fused-ring (bicyclic) bond motifs is 1. The topological polar surface area (TPSA) is 73.9 Å². The summed E-state index contributed by atoms with van der Waals surface area (Å²) in [4.78, 5) is 18.6. The molecule has 0 radical (unpaired) electrons. The fourth-order valence-electron chi connectivity index (χ4n) is 4.38. The number of piperidine rings is 1. The van der Waals surface area contributed by atoms with Crippen LogP contribution in [0.5, 0.6) is 5.88 Å². The molecule has 8 nitrogen and oxygen atoms in total. The number of imidazole rings is 1. The first-order chi connectivity index (χ1) is 18.7. The van der Waals surface area contributed by atoms with Crippen molar-refractivity contribution in [2.45, 2.75) is 65.7 Å². The molecule has 0 spiro atoms. The van der Waals surface area contributed by atoms with Gasteiger partial charge < -0.3 is 14.4 Å². The highest BCUT2D eigenvalue weighted by Crippen LogP contribution is 2.30. The standard InChI is InChI=1S/C27H29F2N5O3.C2H6/c1-27(2,3)37-26(35)32-13-11-21(12-14-32)36-24-6-4-5-23-30-16-22(34(23)24)19-9-7-18(8-10-19)20-15-31-33(17-20)25(28)29;1-2/h4-10,15-17,21,25H,11-14H2,1-3H3;1-2H3. The zero-order valence-corrected chi connectivity index (χ0v) is 23.0. The van der Waals surface area contributed by atoms with E-state index >= 15 is 0 Å². The molecule has 1 saturated heterocycles.